The van der Waals surface area contributed by atoms with Crippen LogP contribution in [0.15, 0.2) is 11.2 Å². The number of aliphatic hydroxyl groups excluding tert-OH is 1. The van der Waals surface area contributed by atoms with Gasteiger partial charge in [0.25, 0.3) is 0 Å². The molecule has 1 aromatic rings. The van der Waals surface area contributed by atoms with E-state index in [1.54, 1.807) is 11.3 Å². The summed E-state index contributed by atoms with van der Waals surface area (Å²) in [4.78, 5) is 10.1. The fourth-order valence-electron chi connectivity index (χ4n) is 2.14. The van der Waals surface area contributed by atoms with Gasteiger partial charge in [-0.05, 0) is 32.6 Å². The summed E-state index contributed by atoms with van der Waals surface area (Å²) in [6, 6.07) is 0. The molecule has 1 unspecified atom stereocenters. The van der Waals surface area contributed by atoms with E-state index in [9.17, 15) is 0 Å². The number of aliphatic imine (C=N–C) groups is 1. The van der Waals surface area contributed by atoms with E-state index in [0.29, 0.717) is 12.5 Å². The number of aryl methyl sites for hydroxylation is 1. The Labute approximate surface area is 155 Å². The smallest absolute Gasteiger partial charge is 0.191 e. The third kappa shape index (κ3) is 8.89. The van der Waals surface area contributed by atoms with Crippen molar-refractivity contribution in [1.29, 1.82) is 0 Å². The quantitative estimate of drug-likeness (QED) is 0.314. The molecule has 0 aliphatic rings. The van der Waals surface area contributed by atoms with Crippen molar-refractivity contribution < 1.29 is 5.11 Å². The SMILES string of the molecule is CCCC(CCO)CNC(=NCc1ncc(C)s1)NCC.I. The second-order valence-electron chi connectivity index (χ2n) is 5.11. The monoisotopic (exact) mass is 440 g/mol. The lowest BCUT2D eigenvalue weighted by molar-refractivity contribution is 0.251. The molecule has 0 aromatic carbocycles. The van der Waals surface area contributed by atoms with Gasteiger partial charge in [0.05, 0.1) is 6.54 Å². The summed E-state index contributed by atoms with van der Waals surface area (Å²) in [6.45, 7) is 8.82. The second-order valence-corrected chi connectivity index (χ2v) is 6.43. The first kappa shape index (κ1) is 21.6. The van der Waals surface area contributed by atoms with Crippen LogP contribution in [0, 0.1) is 12.8 Å². The van der Waals surface area contributed by atoms with Crippen LogP contribution in [0.5, 0.6) is 0 Å². The average molecular weight is 440 g/mol. The average Bonchev–Trinajstić information content (AvgIpc) is 2.88. The summed E-state index contributed by atoms with van der Waals surface area (Å²) in [5.74, 6) is 1.32. The molecule has 0 radical (unpaired) electrons. The van der Waals surface area contributed by atoms with Crippen molar-refractivity contribution in [3.05, 3.63) is 16.1 Å². The number of nitrogens with one attached hydrogen (secondary N) is 2. The van der Waals surface area contributed by atoms with Crippen molar-refractivity contribution >= 4 is 41.3 Å². The van der Waals surface area contributed by atoms with Gasteiger partial charge < -0.3 is 15.7 Å². The van der Waals surface area contributed by atoms with Crippen LogP contribution in [0.4, 0.5) is 0 Å². The van der Waals surface area contributed by atoms with Gasteiger partial charge in [-0.1, -0.05) is 13.3 Å². The summed E-state index contributed by atoms with van der Waals surface area (Å²) < 4.78 is 0. The molecule has 1 rings (SSSR count). The maximum atomic E-state index is 9.11. The Hall–Kier alpha value is -0.410. The molecule has 1 heterocycles. The highest BCUT2D eigenvalue weighted by Crippen LogP contribution is 2.12. The molecule has 0 fully saturated rings. The number of rotatable bonds is 9. The molecule has 0 amide bonds. The van der Waals surface area contributed by atoms with Crippen LogP contribution >= 0.6 is 35.3 Å². The zero-order valence-electron chi connectivity index (χ0n) is 13.8. The van der Waals surface area contributed by atoms with Gasteiger partial charge in [0.15, 0.2) is 5.96 Å². The predicted octanol–water partition coefficient (Wildman–Crippen LogP) is 2.92. The number of aliphatic hydroxyl groups is 1. The van der Waals surface area contributed by atoms with Crippen LogP contribution in [-0.4, -0.2) is 35.7 Å². The Morgan fingerprint density at radius 1 is 1.36 bits per heavy atom. The number of halogens is 1. The molecule has 22 heavy (non-hydrogen) atoms. The van der Waals surface area contributed by atoms with Crippen LogP contribution in [-0.2, 0) is 6.54 Å². The topological polar surface area (TPSA) is 69.5 Å². The molecule has 128 valence electrons. The molecular weight excluding hydrogens is 411 g/mol. The number of guanidine groups is 1. The van der Waals surface area contributed by atoms with E-state index in [1.807, 2.05) is 6.20 Å². The number of hydrogen-bond acceptors (Lipinski definition) is 4. The van der Waals surface area contributed by atoms with Gasteiger partial charge in [0.2, 0.25) is 0 Å². The highest BCUT2D eigenvalue weighted by atomic mass is 127. The van der Waals surface area contributed by atoms with Crippen molar-refractivity contribution in [1.82, 2.24) is 15.6 Å². The fourth-order valence-corrected chi connectivity index (χ4v) is 2.85. The molecule has 5 nitrogen and oxygen atoms in total. The minimum absolute atomic E-state index is 0. The number of hydrogen-bond donors (Lipinski definition) is 3. The van der Waals surface area contributed by atoms with E-state index in [1.165, 1.54) is 4.88 Å². The molecule has 0 saturated heterocycles. The standard InChI is InChI=1S/C15H28N4OS.HI/c1-4-6-13(7-8-20)10-18-15(16-5-2)19-11-14-17-9-12(3)21-14;/h9,13,20H,4-8,10-11H2,1-3H3,(H2,16,18,19);1H. The third-order valence-electron chi connectivity index (χ3n) is 3.18. The van der Waals surface area contributed by atoms with Crippen molar-refractivity contribution in [2.75, 3.05) is 19.7 Å². The van der Waals surface area contributed by atoms with Gasteiger partial charge >= 0.3 is 0 Å². The van der Waals surface area contributed by atoms with Gasteiger partial charge in [-0.15, -0.1) is 35.3 Å². The van der Waals surface area contributed by atoms with Gasteiger partial charge in [0.1, 0.15) is 5.01 Å². The Bertz CT molecular complexity index is 419. The van der Waals surface area contributed by atoms with Gasteiger partial charge in [0, 0.05) is 30.8 Å². The van der Waals surface area contributed by atoms with E-state index in [0.717, 1.165) is 43.3 Å². The molecule has 0 aliphatic carbocycles. The van der Waals surface area contributed by atoms with E-state index >= 15 is 0 Å². The van der Waals surface area contributed by atoms with E-state index < -0.39 is 0 Å². The molecule has 0 spiro atoms. The van der Waals surface area contributed by atoms with Crippen LogP contribution in [0.25, 0.3) is 0 Å². The summed E-state index contributed by atoms with van der Waals surface area (Å²) in [5, 5.41) is 16.8. The lowest BCUT2D eigenvalue weighted by Gasteiger charge is -2.18. The van der Waals surface area contributed by atoms with Crippen LogP contribution in [0.1, 0.15) is 43.0 Å². The van der Waals surface area contributed by atoms with Gasteiger partial charge in [-0.3, -0.25) is 0 Å². The second kappa shape index (κ2) is 13.1. The Morgan fingerprint density at radius 2 is 2.14 bits per heavy atom. The maximum absolute atomic E-state index is 9.11. The van der Waals surface area contributed by atoms with E-state index in [-0.39, 0.29) is 30.6 Å². The molecule has 3 N–H and O–H groups in total. The van der Waals surface area contributed by atoms with E-state index in [2.05, 4.69) is 41.4 Å². The fraction of sp³-hybridized carbons (Fsp3) is 0.733. The first-order valence-electron chi connectivity index (χ1n) is 7.73. The van der Waals surface area contributed by atoms with Gasteiger partial charge in [-0.2, -0.15) is 0 Å². The van der Waals surface area contributed by atoms with Crippen molar-refractivity contribution in [3.8, 4) is 0 Å². The Kier molecular flexibility index (Phi) is 12.8. The summed E-state index contributed by atoms with van der Waals surface area (Å²) >= 11 is 1.68. The molecular formula is C15H29IN4OS. The zero-order valence-corrected chi connectivity index (χ0v) is 16.9. The molecule has 0 aliphatic heterocycles. The van der Waals surface area contributed by atoms with Crippen molar-refractivity contribution in [2.45, 2.75) is 46.6 Å². The van der Waals surface area contributed by atoms with Crippen LogP contribution in [0.3, 0.4) is 0 Å². The summed E-state index contributed by atoms with van der Waals surface area (Å²) in [7, 11) is 0. The van der Waals surface area contributed by atoms with Crippen LogP contribution in [0.2, 0.25) is 0 Å². The van der Waals surface area contributed by atoms with Crippen molar-refractivity contribution in [2.24, 2.45) is 10.9 Å². The largest absolute Gasteiger partial charge is 0.396 e. The van der Waals surface area contributed by atoms with Crippen molar-refractivity contribution in [3.63, 3.8) is 0 Å². The summed E-state index contributed by atoms with van der Waals surface area (Å²) in [6.07, 6.45) is 4.98. The maximum Gasteiger partial charge on any atom is 0.191 e. The lowest BCUT2D eigenvalue weighted by atomic mass is 10.0. The molecule has 0 saturated carbocycles. The Morgan fingerprint density at radius 3 is 2.68 bits per heavy atom. The van der Waals surface area contributed by atoms with Crippen LogP contribution < -0.4 is 10.6 Å². The number of nitrogens with zero attached hydrogens (tertiary/aromatic N) is 2. The lowest BCUT2D eigenvalue weighted by Crippen LogP contribution is -2.40. The Balaban J connectivity index is 0.00000441. The van der Waals surface area contributed by atoms with E-state index in [4.69, 9.17) is 5.11 Å². The highest BCUT2D eigenvalue weighted by molar-refractivity contribution is 14.0. The molecule has 7 heteroatoms. The first-order valence-corrected chi connectivity index (χ1v) is 8.55. The minimum Gasteiger partial charge on any atom is -0.396 e. The first-order chi connectivity index (χ1) is 10.2. The zero-order chi connectivity index (χ0) is 15.5. The summed E-state index contributed by atoms with van der Waals surface area (Å²) in [5.41, 5.74) is 0. The number of thiazole rings is 1. The number of aromatic nitrogens is 1. The normalized spacial score (nSPS) is 12.6. The molecule has 1 aromatic heterocycles. The highest BCUT2D eigenvalue weighted by Gasteiger charge is 2.08. The predicted molar refractivity (Wildman–Crippen MR) is 105 cm³/mol. The van der Waals surface area contributed by atoms with Gasteiger partial charge in [-0.25, -0.2) is 9.98 Å². The minimum atomic E-state index is 0. The molecule has 0 bridgehead atoms. The molecule has 1 atom stereocenters. The third-order valence-corrected chi connectivity index (χ3v) is 4.08.